The average Bonchev–Trinajstić information content (AvgIpc) is 2.61. The van der Waals surface area contributed by atoms with Gasteiger partial charge in [0.2, 0.25) is 11.8 Å². The third-order valence-corrected chi connectivity index (χ3v) is 4.57. The number of esters is 1. The Kier molecular flexibility index (Phi) is 9.95. The van der Waals surface area contributed by atoms with Gasteiger partial charge in [-0.15, -0.1) is 0 Å². The van der Waals surface area contributed by atoms with Crippen LogP contribution in [0.15, 0.2) is 12.2 Å². The van der Waals surface area contributed by atoms with Gasteiger partial charge in [-0.3, -0.25) is 19.3 Å². The molecule has 1 heterocycles. The minimum Gasteiger partial charge on any atom is -0.462 e. The lowest BCUT2D eigenvalue weighted by atomic mass is 10.1. The van der Waals surface area contributed by atoms with Crippen LogP contribution < -0.4 is 5.32 Å². The minimum absolute atomic E-state index is 0.0135. The van der Waals surface area contributed by atoms with E-state index in [2.05, 4.69) is 5.32 Å². The van der Waals surface area contributed by atoms with Gasteiger partial charge in [0.05, 0.1) is 13.0 Å². The molecule has 1 aliphatic rings. The molecule has 7 nitrogen and oxygen atoms in total. The fraction of sp³-hybridized carbons (Fsp3) is 0.737. The quantitative estimate of drug-likeness (QED) is 0.466. The van der Waals surface area contributed by atoms with Crippen LogP contribution in [0, 0.1) is 0 Å². The molecule has 0 spiro atoms. The Bertz CT molecular complexity index is 503. The molecule has 0 aromatic carbocycles. The number of amides is 2. The van der Waals surface area contributed by atoms with Crippen LogP contribution in [0.3, 0.4) is 0 Å². The lowest BCUT2D eigenvalue weighted by molar-refractivity contribution is -0.148. The smallest absolute Gasteiger partial charge is 0.309 e. The maximum atomic E-state index is 12.4. The lowest BCUT2D eigenvalue weighted by Gasteiger charge is -2.36. The number of likely N-dealkylation sites (N-methyl/N-ethyl adjacent to an activating group) is 1. The second kappa shape index (κ2) is 11.7. The van der Waals surface area contributed by atoms with Crippen molar-refractivity contribution in [2.75, 3.05) is 33.2 Å². The van der Waals surface area contributed by atoms with Crippen LogP contribution in [0.5, 0.6) is 0 Å². The Morgan fingerprint density at radius 3 is 2.42 bits per heavy atom. The maximum Gasteiger partial charge on any atom is 0.309 e. The van der Waals surface area contributed by atoms with E-state index in [4.69, 9.17) is 4.74 Å². The van der Waals surface area contributed by atoms with E-state index in [-0.39, 0.29) is 30.3 Å². The summed E-state index contributed by atoms with van der Waals surface area (Å²) < 4.78 is 5.31. The standard InChI is InChI=1S/C19H33N3O4/c1-5-15(6-2)26-18(24)10-8-9-11-20-19(25)16(7-3)22-13-12-21(4)14-17(22)23/h8-9,15-16H,5-7,10-14H2,1-4H3,(H,20,25)/b9-8+. The van der Waals surface area contributed by atoms with Gasteiger partial charge in [-0.05, 0) is 26.3 Å². The average molecular weight is 367 g/mol. The molecule has 1 fully saturated rings. The zero-order valence-electron chi connectivity index (χ0n) is 16.5. The van der Waals surface area contributed by atoms with Crippen LogP contribution in [0.1, 0.15) is 46.5 Å². The second-order valence-corrected chi connectivity index (χ2v) is 6.60. The highest BCUT2D eigenvalue weighted by Gasteiger charge is 2.31. The van der Waals surface area contributed by atoms with Crippen LogP contribution in [0.4, 0.5) is 0 Å². The molecule has 1 unspecified atom stereocenters. The fourth-order valence-corrected chi connectivity index (χ4v) is 2.91. The van der Waals surface area contributed by atoms with Crippen LogP contribution >= 0.6 is 0 Å². The highest BCUT2D eigenvalue weighted by atomic mass is 16.5. The monoisotopic (exact) mass is 367 g/mol. The molecule has 0 radical (unpaired) electrons. The molecule has 1 atom stereocenters. The largest absolute Gasteiger partial charge is 0.462 e. The predicted octanol–water partition coefficient (Wildman–Crippen LogP) is 1.33. The zero-order valence-corrected chi connectivity index (χ0v) is 16.5. The van der Waals surface area contributed by atoms with E-state index < -0.39 is 6.04 Å². The van der Waals surface area contributed by atoms with E-state index in [1.165, 1.54) is 0 Å². The van der Waals surface area contributed by atoms with Crippen LogP contribution in [-0.2, 0) is 19.1 Å². The molecule has 1 rings (SSSR count). The first-order valence-corrected chi connectivity index (χ1v) is 9.53. The van der Waals surface area contributed by atoms with Gasteiger partial charge in [-0.1, -0.05) is 32.9 Å². The number of hydrogen-bond acceptors (Lipinski definition) is 5. The molecule has 1 aliphatic heterocycles. The van der Waals surface area contributed by atoms with Crippen molar-refractivity contribution in [3.8, 4) is 0 Å². The van der Waals surface area contributed by atoms with Crippen LogP contribution in [0.25, 0.3) is 0 Å². The molecule has 0 bridgehead atoms. The van der Waals surface area contributed by atoms with E-state index >= 15 is 0 Å². The highest BCUT2D eigenvalue weighted by Crippen LogP contribution is 2.10. The van der Waals surface area contributed by atoms with Crippen molar-refractivity contribution < 1.29 is 19.1 Å². The van der Waals surface area contributed by atoms with Crippen molar-refractivity contribution in [2.45, 2.75) is 58.6 Å². The molecule has 148 valence electrons. The molecule has 0 aromatic rings. The number of nitrogens with one attached hydrogen (secondary N) is 1. The zero-order chi connectivity index (χ0) is 19.5. The van der Waals surface area contributed by atoms with Gasteiger partial charge in [0.15, 0.2) is 0 Å². The lowest BCUT2D eigenvalue weighted by Crippen LogP contribution is -2.57. The van der Waals surface area contributed by atoms with E-state index in [0.717, 1.165) is 19.4 Å². The van der Waals surface area contributed by atoms with Crippen molar-refractivity contribution in [3.05, 3.63) is 12.2 Å². The minimum atomic E-state index is -0.440. The van der Waals surface area contributed by atoms with E-state index in [9.17, 15) is 14.4 Å². The van der Waals surface area contributed by atoms with Gasteiger partial charge >= 0.3 is 5.97 Å². The van der Waals surface area contributed by atoms with Crippen molar-refractivity contribution >= 4 is 17.8 Å². The number of carbonyl (C=O) groups is 3. The molecule has 7 heteroatoms. The Morgan fingerprint density at radius 1 is 1.15 bits per heavy atom. The van der Waals surface area contributed by atoms with Crippen molar-refractivity contribution in [3.63, 3.8) is 0 Å². The summed E-state index contributed by atoms with van der Waals surface area (Å²) in [5.74, 6) is -0.425. The molecular formula is C19H33N3O4. The van der Waals surface area contributed by atoms with Gasteiger partial charge < -0.3 is 15.0 Å². The fourth-order valence-electron chi connectivity index (χ4n) is 2.91. The summed E-state index contributed by atoms with van der Waals surface area (Å²) in [5.41, 5.74) is 0. The van der Waals surface area contributed by atoms with Crippen molar-refractivity contribution in [1.29, 1.82) is 0 Å². The third-order valence-electron chi connectivity index (χ3n) is 4.57. The number of rotatable bonds is 10. The van der Waals surface area contributed by atoms with Crippen LogP contribution in [0.2, 0.25) is 0 Å². The highest BCUT2D eigenvalue weighted by molar-refractivity contribution is 5.88. The predicted molar refractivity (Wildman–Crippen MR) is 101 cm³/mol. The van der Waals surface area contributed by atoms with Gasteiger partial charge in [0.1, 0.15) is 12.1 Å². The summed E-state index contributed by atoms with van der Waals surface area (Å²) in [7, 11) is 1.90. The first kappa shape index (κ1) is 22.2. The second-order valence-electron chi connectivity index (χ2n) is 6.60. The summed E-state index contributed by atoms with van der Waals surface area (Å²) in [6.45, 7) is 7.90. The number of ether oxygens (including phenoxy) is 1. The Hall–Kier alpha value is -1.89. The SMILES string of the molecule is CCC(CC)OC(=O)C/C=C/CNC(=O)C(CC)N1CCN(C)CC1=O. The molecule has 0 saturated carbocycles. The summed E-state index contributed by atoms with van der Waals surface area (Å²) in [5, 5.41) is 2.81. The van der Waals surface area contributed by atoms with E-state index in [1.54, 1.807) is 17.1 Å². The van der Waals surface area contributed by atoms with Crippen molar-refractivity contribution in [2.24, 2.45) is 0 Å². The van der Waals surface area contributed by atoms with E-state index in [0.29, 0.717) is 26.1 Å². The Labute approximate surface area is 156 Å². The van der Waals surface area contributed by atoms with Gasteiger partial charge in [0, 0.05) is 19.6 Å². The maximum absolute atomic E-state index is 12.4. The van der Waals surface area contributed by atoms with Crippen LogP contribution in [-0.4, -0.2) is 73.0 Å². The summed E-state index contributed by atoms with van der Waals surface area (Å²) in [4.78, 5) is 39.8. The number of hydrogen-bond donors (Lipinski definition) is 1. The third kappa shape index (κ3) is 7.15. The topological polar surface area (TPSA) is 79.0 Å². The Balaban J connectivity index is 2.37. The molecule has 1 saturated heterocycles. The van der Waals surface area contributed by atoms with Gasteiger partial charge in [0.25, 0.3) is 0 Å². The molecular weight excluding hydrogens is 334 g/mol. The number of piperazine rings is 1. The number of carbonyl (C=O) groups excluding carboxylic acids is 3. The van der Waals surface area contributed by atoms with Gasteiger partial charge in [-0.2, -0.15) is 0 Å². The molecule has 2 amide bonds. The van der Waals surface area contributed by atoms with E-state index in [1.807, 2.05) is 32.7 Å². The summed E-state index contributed by atoms with van der Waals surface area (Å²) in [6, 6.07) is -0.440. The molecule has 26 heavy (non-hydrogen) atoms. The summed E-state index contributed by atoms with van der Waals surface area (Å²) >= 11 is 0. The Morgan fingerprint density at radius 2 is 1.85 bits per heavy atom. The van der Waals surface area contributed by atoms with Gasteiger partial charge in [-0.25, -0.2) is 0 Å². The molecule has 1 N–H and O–H groups in total. The first-order valence-electron chi connectivity index (χ1n) is 9.53. The molecule has 0 aromatic heterocycles. The molecule has 0 aliphatic carbocycles. The number of nitrogens with zero attached hydrogens (tertiary/aromatic N) is 2. The summed E-state index contributed by atoms with van der Waals surface area (Å²) in [6.07, 6.45) is 5.81. The first-order chi connectivity index (χ1) is 12.4. The normalized spacial score (nSPS) is 17.0. The van der Waals surface area contributed by atoms with Crippen molar-refractivity contribution in [1.82, 2.24) is 15.1 Å².